The van der Waals surface area contributed by atoms with Crippen molar-refractivity contribution in [1.82, 2.24) is 0 Å². The van der Waals surface area contributed by atoms with Crippen molar-refractivity contribution in [2.24, 2.45) is 5.92 Å². The standard InChI is InChI=1S/C38H76O5Si4/c1-27(2)46(28(3)4,29(5)6)41-23-22-38(13,14)45(18,19)25-20-33-35(26-39)42-34(21-24-44(15,16)17)37(36(33)40)43-47(30(7)8,31(9)10)32(11)12/h27-37,39-40H,22-23,26H2,1-19H3/t33-,34+,35-,36+,37+/m1/s1. The Balaban J connectivity index is 3.54. The Hall–Kier alpha value is -0.212. The summed E-state index contributed by atoms with van der Waals surface area (Å²) in [5.74, 6) is 6.34. The minimum Gasteiger partial charge on any atom is -0.416 e. The quantitative estimate of drug-likeness (QED) is 0.138. The summed E-state index contributed by atoms with van der Waals surface area (Å²) in [5, 5.41) is 22.7. The molecule has 1 fully saturated rings. The number of aliphatic hydroxyl groups excluding tert-OH is 2. The molecule has 1 saturated heterocycles. The van der Waals surface area contributed by atoms with Crippen LogP contribution in [0, 0.1) is 28.8 Å². The molecule has 47 heavy (non-hydrogen) atoms. The fourth-order valence-electron chi connectivity index (χ4n) is 8.20. The van der Waals surface area contributed by atoms with Gasteiger partial charge in [0.15, 0.2) is 8.32 Å². The first kappa shape index (κ1) is 44.8. The fourth-order valence-corrected chi connectivity index (χ4v) is 21.4. The van der Waals surface area contributed by atoms with Gasteiger partial charge in [0.25, 0.3) is 0 Å². The van der Waals surface area contributed by atoms with Crippen molar-refractivity contribution in [2.45, 2.75) is 199 Å². The Bertz CT molecular complexity index is 1060. The van der Waals surface area contributed by atoms with E-state index in [0.717, 1.165) is 13.0 Å². The molecule has 0 saturated carbocycles. The number of hydrogen-bond donors (Lipinski definition) is 2. The van der Waals surface area contributed by atoms with Crippen LogP contribution in [0.5, 0.6) is 0 Å². The van der Waals surface area contributed by atoms with Gasteiger partial charge in [-0.05, 0) is 44.7 Å². The van der Waals surface area contributed by atoms with Crippen LogP contribution in [-0.2, 0) is 13.6 Å². The van der Waals surface area contributed by atoms with Gasteiger partial charge in [0.2, 0.25) is 8.32 Å². The highest BCUT2D eigenvalue weighted by molar-refractivity contribution is 6.87. The highest BCUT2D eigenvalue weighted by atomic mass is 28.4. The summed E-state index contributed by atoms with van der Waals surface area (Å²) in [6, 6.07) is 0. The maximum absolute atomic E-state index is 12.2. The van der Waals surface area contributed by atoms with E-state index in [0.29, 0.717) is 33.2 Å². The lowest BCUT2D eigenvalue weighted by atomic mass is 9.87. The van der Waals surface area contributed by atoms with E-state index in [2.05, 4.69) is 153 Å². The molecule has 274 valence electrons. The molecule has 1 rings (SSSR count). The zero-order valence-electron chi connectivity index (χ0n) is 34.1. The van der Waals surface area contributed by atoms with Crippen LogP contribution in [0.15, 0.2) is 0 Å². The van der Waals surface area contributed by atoms with Gasteiger partial charge in [-0.3, -0.25) is 0 Å². The zero-order valence-corrected chi connectivity index (χ0v) is 38.1. The molecule has 0 unspecified atom stereocenters. The van der Waals surface area contributed by atoms with E-state index in [1.807, 2.05) is 0 Å². The van der Waals surface area contributed by atoms with E-state index >= 15 is 0 Å². The lowest BCUT2D eigenvalue weighted by Crippen LogP contribution is -2.61. The largest absolute Gasteiger partial charge is 0.416 e. The number of hydrogen-bond acceptors (Lipinski definition) is 5. The molecule has 1 heterocycles. The van der Waals surface area contributed by atoms with Gasteiger partial charge in [0.1, 0.15) is 28.4 Å². The molecule has 1 aliphatic heterocycles. The maximum atomic E-state index is 12.2. The second-order valence-corrected chi connectivity index (χ2v) is 38.9. The molecular weight excluding hydrogens is 649 g/mol. The SMILES string of the molecule is CC(C)[Si](OCCC(C)(C)[Si](C)(C)C#C[C@H]1[C@H](O)[C@@H](O[Si](C(C)C)(C(C)C)C(C)C)[C@H](C#C[Si](C)(C)C)O[C@@H]1CO)(C(C)C)C(C)C. The molecule has 1 aliphatic rings. The lowest BCUT2D eigenvalue weighted by Gasteiger charge is -2.49. The van der Waals surface area contributed by atoms with Crippen LogP contribution in [0.25, 0.3) is 0 Å². The molecular formula is C38H76O5Si4. The van der Waals surface area contributed by atoms with Crippen LogP contribution in [0.3, 0.4) is 0 Å². The summed E-state index contributed by atoms with van der Waals surface area (Å²) in [7, 11) is -8.24. The van der Waals surface area contributed by atoms with Crippen LogP contribution in [0.4, 0.5) is 0 Å². The molecule has 0 amide bonds. The van der Waals surface area contributed by atoms with Gasteiger partial charge in [0, 0.05) is 6.61 Å². The molecule has 0 spiro atoms. The third-order valence-corrected chi connectivity index (χ3v) is 29.1. The normalized spacial score (nSPS) is 23.5. The zero-order chi connectivity index (χ0) is 36.9. The Morgan fingerprint density at radius 3 is 1.53 bits per heavy atom. The molecule has 0 aromatic rings. The van der Waals surface area contributed by atoms with E-state index in [4.69, 9.17) is 13.6 Å². The fraction of sp³-hybridized carbons (Fsp3) is 0.895. The first-order chi connectivity index (χ1) is 21.2. The van der Waals surface area contributed by atoms with E-state index < -0.39 is 63.1 Å². The summed E-state index contributed by atoms with van der Waals surface area (Å²) in [6.45, 7) is 44.0. The average molecular weight is 725 g/mol. The van der Waals surface area contributed by atoms with E-state index in [9.17, 15) is 10.2 Å². The molecule has 9 heteroatoms. The number of rotatable bonds is 14. The van der Waals surface area contributed by atoms with Crippen molar-refractivity contribution >= 4 is 32.8 Å². The molecule has 2 N–H and O–H groups in total. The van der Waals surface area contributed by atoms with Crippen molar-refractivity contribution in [2.75, 3.05) is 13.2 Å². The number of ether oxygens (including phenoxy) is 1. The predicted octanol–water partition coefficient (Wildman–Crippen LogP) is 9.78. The summed E-state index contributed by atoms with van der Waals surface area (Å²) in [6.07, 6.45) is -1.82. The van der Waals surface area contributed by atoms with Gasteiger partial charge >= 0.3 is 0 Å². The van der Waals surface area contributed by atoms with E-state index in [1.165, 1.54) is 0 Å². The van der Waals surface area contributed by atoms with Crippen LogP contribution >= 0.6 is 0 Å². The Morgan fingerprint density at radius 1 is 0.702 bits per heavy atom. The average Bonchev–Trinajstić information content (AvgIpc) is 2.90. The van der Waals surface area contributed by atoms with Crippen molar-refractivity contribution in [1.29, 1.82) is 0 Å². The summed E-state index contributed by atoms with van der Waals surface area (Å²) in [4.78, 5) is 0. The van der Waals surface area contributed by atoms with Crippen molar-refractivity contribution in [3.05, 3.63) is 0 Å². The van der Waals surface area contributed by atoms with Gasteiger partial charge in [-0.25, -0.2) is 0 Å². The second-order valence-electron chi connectivity index (χ2n) is 18.4. The van der Waals surface area contributed by atoms with Crippen molar-refractivity contribution in [3.63, 3.8) is 0 Å². The molecule has 5 atom stereocenters. The Kier molecular flexibility index (Phi) is 16.5. The summed E-state index contributed by atoms with van der Waals surface area (Å²) < 4.78 is 20.8. The Labute approximate surface area is 296 Å². The van der Waals surface area contributed by atoms with E-state index in [1.54, 1.807) is 0 Å². The summed E-state index contributed by atoms with van der Waals surface area (Å²) in [5.41, 5.74) is 9.89. The lowest BCUT2D eigenvalue weighted by molar-refractivity contribution is -0.173. The van der Waals surface area contributed by atoms with Gasteiger partial charge in [0.05, 0.1) is 24.7 Å². The highest BCUT2D eigenvalue weighted by Gasteiger charge is 2.53. The molecule has 5 nitrogen and oxygen atoms in total. The van der Waals surface area contributed by atoms with Gasteiger partial charge < -0.3 is 23.8 Å². The van der Waals surface area contributed by atoms with Crippen molar-refractivity contribution in [3.8, 4) is 22.9 Å². The second kappa shape index (κ2) is 17.3. The van der Waals surface area contributed by atoms with Gasteiger partial charge in [-0.2, -0.15) is 0 Å². The van der Waals surface area contributed by atoms with E-state index in [-0.39, 0.29) is 11.6 Å². The van der Waals surface area contributed by atoms with Gasteiger partial charge in [-0.1, -0.05) is 136 Å². The molecule has 0 radical (unpaired) electrons. The monoisotopic (exact) mass is 724 g/mol. The highest BCUT2D eigenvalue weighted by Crippen LogP contribution is 2.47. The molecule has 0 aromatic heterocycles. The topological polar surface area (TPSA) is 68.2 Å². The summed E-state index contributed by atoms with van der Waals surface area (Å²) >= 11 is 0. The number of aliphatic hydroxyl groups is 2. The van der Waals surface area contributed by atoms with Crippen LogP contribution in [0.2, 0.25) is 71.0 Å². The first-order valence-corrected chi connectivity index (χ1v) is 29.3. The van der Waals surface area contributed by atoms with Crippen molar-refractivity contribution < 1.29 is 23.8 Å². The molecule has 0 bridgehead atoms. The van der Waals surface area contributed by atoms with Gasteiger partial charge in [-0.15, -0.1) is 17.0 Å². The minimum atomic E-state index is -2.39. The molecule has 0 aliphatic carbocycles. The molecule has 0 aromatic carbocycles. The smallest absolute Gasteiger partial charge is 0.201 e. The third kappa shape index (κ3) is 10.4. The third-order valence-electron chi connectivity index (χ3n) is 11.6. The minimum absolute atomic E-state index is 0.0174. The van der Waals surface area contributed by atoms with Crippen LogP contribution < -0.4 is 0 Å². The van der Waals surface area contributed by atoms with Crippen LogP contribution in [0.1, 0.15) is 103 Å². The Morgan fingerprint density at radius 2 is 1.15 bits per heavy atom. The first-order valence-electron chi connectivity index (χ1n) is 18.6. The predicted molar refractivity (Wildman–Crippen MR) is 213 cm³/mol. The maximum Gasteiger partial charge on any atom is 0.201 e. The van der Waals surface area contributed by atoms with Crippen LogP contribution in [-0.4, -0.2) is 80.6 Å².